The van der Waals surface area contributed by atoms with Gasteiger partial charge in [0, 0.05) is 36.2 Å². The molecule has 2 heterocycles. The van der Waals surface area contributed by atoms with Crippen molar-refractivity contribution in [2.24, 2.45) is 0 Å². The highest BCUT2D eigenvalue weighted by molar-refractivity contribution is 5.64. The second-order valence-corrected chi connectivity index (χ2v) is 6.45. The molecule has 3 aromatic rings. The van der Waals surface area contributed by atoms with Crippen LogP contribution in [0.15, 0.2) is 47.1 Å². The van der Waals surface area contributed by atoms with E-state index in [4.69, 9.17) is 4.42 Å². The van der Waals surface area contributed by atoms with Gasteiger partial charge in [-0.05, 0) is 63.6 Å². The van der Waals surface area contributed by atoms with Gasteiger partial charge in [0.15, 0.2) is 0 Å². The summed E-state index contributed by atoms with van der Waals surface area (Å²) >= 11 is 0. The Kier molecular flexibility index (Phi) is 5.96. The van der Waals surface area contributed by atoms with Crippen LogP contribution in [0.3, 0.4) is 0 Å². The highest BCUT2D eigenvalue weighted by Gasteiger charge is 2.08. The lowest BCUT2D eigenvalue weighted by atomic mass is 10.1. The summed E-state index contributed by atoms with van der Waals surface area (Å²) in [5, 5.41) is 6.62. The number of nitrogens with zero attached hydrogens (tertiary/aromatic N) is 3. The summed E-state index contributed by atoms with van der Waals surface area (Å²) in [6.07, 6.45) is 1.67. The first kappa shape index (κ1) is 18.8. The van der Waals surface area contributed by atoms with Crippen molar-refractivity contribution in [3.8, 4) is 0 Å². The van der Waals surface area contributed by atoms with Crippen LogP contribution in [0.25, 0.3) is 0 Å². The SMILES string of the molecule is CCN(CC)c1ccc(Nc2nc(C)cc(NCc3ccco3)n2)c(C)c1. The van der Waals surface area contributed by atoms with Gasteiger partial charge in [0.2, 0.25) is 5.95 Å². The van der Waals surface area contributed by atoms with Crippen molar-refractivity contribution < 1.29 is 4.42 Å². The molecule has 0 saturated heterocycles. The summed E-state index contributed by atoms with van der Waals surface area (Å²) in [6.45, 7) is 11.0. The number of rotatable bonds is 8. The molecule has 0 aliphatic carbocycles. The molecule has 0 spiro atoms. The lowest BCUT2D eigenvalue weighted by Crippen LogP contribution is -2.21. The Balaban J connectivity index is 1.75. The first-order chi connectivity index (χ1) is 13.1. The normalized spacial score (nSPS) is 10.7. The van der Waals surface area contributed by atoms with Gasteiger partial charge >= 0.3 is 0 Å². The smallest absolute Gasteiger partial charge is 0.229 e. The lowest BCUT2D eigenvalue weighted by Gasteiger charge is -2.22. The van der Waals surface area contributed by atoms with Crippen LogP contribution in [0.2, 0.25) is 0 Å². The highest BCUT2D eigenvalue weighted by Crippen LogP contribution is 2.25. The van der Waals surface area contributed by atoms with Crippen molar-refractivity contribution in [1.82, 2.24) is 9.97 Å². The van der Waals surface area contributed by atoms with Crippen LogP contribution in [0, 0.1) is 13.8 Å². The monoisotopic (exact) mass is 365 g/mol. The van der Waals surface area contributed by atoms with Crippen molar-refractivity contribution in [1.29, 1.82) is 0 Å². The fourth-order valence-electron chi connectivity index (χ4n) is 3.00. The molecule has 0 bridgehead atoms. The molecule has 0 aliphatic rings. The molecule has 0 atom stereocenters. The van der Waals surface area contributed by atoms with Crippen LogP contribution in [-0.2, 0) is 6.54 Å². The number of nitrogens with one attached hydrogen (secondary N) is 2. The average Bonchev–Trinajstić information content (AvgIpc) is 3.16. The Hall–Kier alpha value is -3.02. The van der Waals surface area contributed by atoms with Gasteiger partial charge in [0.1, 0.15) is 11.6 Å². The zero-order valence-corrected chi connectivity index (χ0v) is 16.4. The van der Waals surface area contributed by atoms with E-state index in [0.717, 1.165) is 41.6 Å². The minimum atomic E-state index is 0.579. The van der Waals surface area contributed by atoms with Crippen LogP contribution in [-0.4, -0.2) is 23.1 Å². The largest absolute Gasteiger partial charge is 0.467 e. The molecule has 6 heteroatoms. The Labute approximate surface area is 160 Å². The molecular formula is C21H27N5O. The zero-order chi connectivity index (χ0) is 19.2. The second-order valence-electron chi connectivity index (χ2n) is 6.45. The molecule has 0 radical (unpaired) electrons. The lowest BCUT2D eigenvalue weighted by molar-refractivity contribution is 0.518. The Morgan fingerprint density at radius 1 is 1.04 bits per heavy atom. The molecule has 142 valence electrons. The molecule has 0 amide bonds. The molecule has 27 heavy (non-hydrogen) atoms. The highest BCUT2D eigenvalue weighted by atomic mass is 16.3. The third-order valence-corrected chi connectivity index (χ3v) is 4.46. The zero-order valence-electron chi connectivity index (χ0n) is 16.4. The molecule has 0 saturated carbocycles. The molecule has 6 nitrogen and oxygen atoms in total. The van der Waals surface area contributed by atoms with Crippen molar-refractivity contribution in [2.75, 3.05) is 28.6 Å². The van der Waals surface area contributed by atoms with E-state index in [1.165, 1.54) is 5.69 Å². The second kappa shape index (κ2) is 8.58. The molecule has 1 aromatic carbocycles. The van der Waals surface area contributed by atoms with E-state index in [9.17, 15) is 0 Å². The van der Waals surface area contributed by atoms with E-state index in [0.29, 0.717) is 12.5 Å². The third-order valence-electron chi connectivity index (χ3n) is 4.46. The van der Waals surface area contributed by atoms with Crippen LogP contribution in [0.5, 0.6) is 0 Å². The van der Waals surface area contributed by atoms with E-state index in [2.05, 4.69) is 64.5 Å². The quantitative estimate of drug-likeness (QED) is 0.592. The van der Waals surface area contributed by atoms with Crippen molar-refractivity contribution in [2.45, 2.75) is 34.2 Å². The van der Waals surface area contributed by atoms with Gasteiger partial charge in [-0.2, -0.15) is 4.98 Å². The van der Waals surface area contributed by atoms with Crippen LogP contribution < -0.4 is 15.5 Å². The van der Waals surface area contributed by atoms with Crippen LogP contribution >= 0.6 is 0 Å². The van der Waals surface area contributed by atoms with E-state index in [1.807, 2.05) is 25.1 Å². The van der Waals surface area contributed by atoms with Gasteiger partial charge in [0.05, 0.1) is 12.8 Å². The predicted molar refractivity (Wildman–Crippen MR) is 111 cm³/mol. The van der Waals surface area contributed by atoms with E-state index >= 15 is 0 Å². The van der Waals surface area contributed by atoms with Gasteiger partial charge in [-0.3, -0.25) is 0 Å². The van der Waals surface area contributed by atoms with Gasteiger partial charge < -0.3 is 20.0 Å². The molecule has 2 N–H and O–H groups in total. The first-order valence-electron chi connectivity index (χ1n) is 9.33. The van der Waals surface area contributed by atoms with E-state index in [-0.39, 0.29) is 0 Å². The van der Waals surface area contributed by atoms with Gasteiger partial charge in [-0.15, -0.1) is 0 Å². The fraction of sp³-hybridized carbons (Fsp3) is 0.333. The van der Waals surface area contributed by atoms with Crippen LogP contribution in [0.4, 0.5) is 23.1 Å². The molecule has 3 rings (SSSR count). The minimum Gasteiger partial charge on any atom is -0.467 e. The summed E-state index contributed by atoms with van der Waals surface area (Å²) in [6, 6.07) is 12.1. The number of furan rings is 1. The fourth-order valence-corrected chi connectivity index (χ4v) is 3.00. The molecule has 0 fully saturated rings. The number of anilines is 4. The van der Waals surface area contributed by atoms with Gasteiger partial charge in [0.25, 0.3) is 0 Å². The summed E-state index contributed by atoms with van der Waals surface area (Å²) < 4.78 is 5.35. The molecule has 2 aromatic heterocycles. The number of hydrogen-bond donors (Lipinski definition) is 2. The standard InChI is InChI=1S/C21H27N5O/c1-5-26(6-2)17-9-10-19(15(3)12-17)24-21-23-16(4)13-20(25-21)22-14-18-8-7-11-27-18/h7-13H,5-6,14H2,1-4H3,(H2,22,23,24,25). The predicted octanol–water partition coefficient (Wildman–Crippen LogP) is 4.89. The Morgan fingerprint density at radius 3 is 2.52 bits per heavy atom. The summed E-state index contributed by atoms with van der Waals surface area (Å²) in [5.41, 5.74) is 4.30. The van der Waals surface area contributed by atoms with Crippen molar-refractivity contribution in [3.63, 3.8) is 0 Å². The number of hydrogen-bond acceptors (Lipinski definition) is 6. The Bertz CT molecular complexity index is 872. The maximum absolute atomic E-state index is 5.35. The number of aryl methyl sites for hydroxylation is 2. The minimum absolute atomic E-state index is 0.579. The van der Waals surface area contributed by atoms with Crippen molar-refractivity contribution >= 4 is 23.1 Å². The number of aromatic nitrogens is 2. The Morgan fingerprint density at radius 2 is 1.85 bits per heavy atom. The van der Waals surface area contributed by atoms with Gasteiger partial charge in [-0.1, -0.05) is 0 Å². The van der Waals surface area contributed by atoms with E-state index in [1.54, 1.807) is 6.26 Å². The van der Waals surface area contributed by atoms with E-state index < -0.39 is 0 Å². The molecule has 0 aliphatic heterocycles. The first-order valence-corrected chi connectivity index (χ1v) is 9.33. The molecule has 0 unspecified atom stereocenters. The summed E-state index contributed by atoms with van der Waals surface area (Å²) in [7, 11) is 0. The topological polar surface area (TPSA) is 66.2 Å². The number of benzene rings is 1. The average molecular weight is 365 g/mol. The van der Waals surface area contributed by atoms with Crippen molar-refractivity contribution in [3.05, 3.63) is 59.7 Å². The third kappa shape index (κ3) is 4.78. The molecular weight excluding hydrogens is 338 g/mol. The van der Waals surface area contributed by atoms with Gasteiger partial charge in [-0.25, -0.2) is 4.98 Å². The summed E-state index contributed by atoms with van der Waals surface area (Å²) in [4.78, 5) is 11.4. The maximum Gasteiger partial charge on any atom is 0.229 e. The van der Waals surface area contributed by atoms with Crippen LogP contribution in [0.1, 0.15) is 30.9 Å². The maximum atomic E-state index is 5.35. The summed E-state index contributed by atoms with van der Waals surface area (Å²) in [5.74, 6) is 2.21.